The first-order chi connectivity index (χ1) is 13.3. The molecule has 28 heavy (non-hydrogen) atoms. The van der Waals surface area contributed by atoms with Gasteiger partial charge in [-0.15, -0.1) is 5.10 Å². The van der Waals surface area contributed by atoms with Crippen LogP contribution >= 0.6 is 0 Å². The molecule has 0 saturated heterocycles. The average Bonchev–Trinajstić information content (AvgIpc) is 3.15. The topological polar surface area (TPSA) is 63.9 Å². The standard InChI is InChI=1S/C22H27N5O/c1-17-7-9-19(10-8-17)20-15-24-27(25-20)21(28)26(16-22(2,3)4)13-11-18-6-5-12-23-14-18/h5-10,12,14-15H,11,13,16H2,1-4H3. The molecule has 0 unspecified atom stereocenters. The predicted octanol–water partition coefficient (Wildman–Crippen LogP) is 4.21. The Labute approximate surface area is 166 Å². The number of benzene rings is 1. The van der Waals surface area contributed by atoms with E-state index in [0.717, 1.165) is 17.5 Å². The van der Waals surface area contributed by atoms with E-state index in [1.54, 1.807) is 12.4 Å². The van der Waals surface area contributed by atoms with Gasteiger partial charge in [0.1, 0.15) is 5.69 Å². The fraction of sp³-hybridized carbons (Fsp3) is 0.364. The second kappa shape index (κ2) is 8.33. The van der Waals surface area contributed by atoms with Crippen molar-refractivity contribution < 1.29 is 4.79 Å². The molecule has 0 spiro atoms. The summed E-state index contributed by atoms with van der Waals surface area (Å²) >= 11 is 0. The molecule has 0 atom stereocenters. The monoisotopic (exact) mass is 377 g/mol. The highest BCUT2D eigenvalue weighted by Gasteiger charge is 2.23. The van der Waals surface area contributed by atoms with E-state index >= 15 is 0 Å². The quantitative estimate of drug-likeness (QED) is 0.668. The Morgan fingerprint density at radius 1 is 1.11 bits per heavy atom. The van der Waals surface area contributed by atoms with Crippen molar-refractivity contribution in [2.45, 2.75) is 34.1 Å². The van der Waals surface area contributed by atoms with Crippen molar-refractivity contribution in [3.63, 3.8) is 0 Å². The molecular weight excluding hydrogens is 350 g/mol. The van der Waals surface area contributed by atoms with Gasteiger partial charge in [0.15, 0.2) is 0 Å². The second-order valence-corrected chi connectivity index (χ2v) is 8.26. The van der Waals surface area contributed by atoms with Gasteiger partial charge in [-0.3, -0.25) is 4.98 Å². The third kappa shape index (κ3) is 5.25. The highest BCUT2D eigenvalue weighted by Crippen LogP contribution is 2.18. The van der Waals surface area contributed by atoms with Crippen LogP contribution in [-0.2, 0) is 6.42 Å². The molecule has 0 N–H and O–H groups in total. The Morgan fingerprint density at radius 2 is 1.86 bits per heavy atom. The molecule has 0 aliphatic heterocycles. The lowest BCUT2D eigenvalue weighted by atomic mass is 9.96. The number of aromatic nitrogens is 4. The SMILES string of the molecule is Cc1ccc(-c2cnn(C(=O)N(CCc3cccnc3)CC(C)(C)C)n2)cc1. The van der Waals surface area contributed by atoms with Crippen molar-refractivity contribution in [3.8, 4) is 11.3 Å². The number of aryl methyl sites for hydroxylation is 1. The van der Waals surface area contributed by atoms with Crippen molar-refractivity contribution >= 4 is 6.03 Å². The van der Waals surface area contributed by atoms with Crippen LogP contribution in [0.2, 0.25) is 0 Å². The molecule has 146 valence electrons. The fourth-order valence-corrected chi connectivity index (χ4v) is 2.96. The zero-order valence-corrected chi connectivity index (χ0v) is 17.0. The number of rotatable bonds is 5. The number of carbonyl (C=O) groups excluding carboxylic acids is 1. The van der Waals surface area contributed by atoms with Crippen LogP contribution in [-0.4, -0.2) is 44.0 Å². The highest BCUT2D eigenvalue weighted by molar-refractivity contribution is 5.75. The van der Waals surface area contributed by atoms with Crippen LogP contribution in [0.5, 0.6) is 0 Å². The minimum atomic E-state index is -0.211. The Bertz CT molecular complexity index is 910. The van der Waals surface area contributed by atoms with E-state index in [-0.39, 0.29) is 11.4 Å². The normalized spacial score (nSPS) is 11.4. The van der Waals surface area contributed by atoms with E-state index in [4.69, 9.17) is 0 Å². The summed E-state index contributed by atoms with van der Waals surface area (Å²) in [6.45, 7) is 9.59. The lowest BCUT2D eigenvalue weighted by Crippen LogP contribution is -2.42. The zero-order valence-electron chi connectivity index (χ0n) is 17.0. The number of hydrogen-bond donors (Lipinski definition) is 0. The summed E-state index contributed by atoms with van der Waals surface area (Å²) in [7, 11) is 0. The number of carbonyl (C=O) groups is 1. The minimum absolute atomic E-state index is 0.0302. The third-order valence-electron chi connectivity index (χ3n) is 4.34. The molecule has 0 radical (unpaired) electrons. The minimum Gasteiger partial charge on any atom is -0.321 e. The first-order valence-electron chi connectivity index (χ1n) is 9.49. The number of hydrogen-bond acceptors (Lipinski definition) is 4. The highest BCUT2D eigenvalue weighted by atomic mass is 16.2. The maximum absolute atomic E-state index is 13.1. The molecule has 0 bridgehead atoms. The first-order valence-corrected chi connectivity index (χ1v) is 9.49. The van der Waals surface area contributed by atoms with Gasteiger partial charge in [-0.1, -0.05) is 61.5 Å². The summed E-state index contributed by atoms with van der Waals surface area (Å²) in [6.07, 6.45) is 5.96. The Hall–Kier alpha value is -3.02. The Balaban J connectivity index is 1.77. The molecule has 6 heteroatoms. The van der Waals surface area contributed by atoms with Crippen LogP contribution in [0.25, 0.3) is 11.3 Å². The van der Waals surface area contributed by atoms with Crippen LogP contribution in [0.3, 0.4) is 0 Å². The van der Waals surface area contributed by atoms with Gasteiger partial charge in [-0.05, 0) is 30.4 Å². The molecule has 0 aliphatic carbocycles. The molecule has 0 aliphatic rings. The Morgan fingerprint density at radius 3 is 2.50 bits per heavy atom. The van der Waals surface area contributed by atoms with Crippen LogP contribution in [0, 0.1) is 12.3 Å². The smallest absolute Gasteiger partial charge is 0.321 e. The van der Waals surface area contributed by atoms with Crippen LogP contribution in [0.15, 0.2) is 55.0 Å². The maximum Gasteiger partial charge on any atom is 0.362 e. The van der Waals surface area contributed by atoms with E-state index in [2.05, 4.69) is 36.0 Å². The molecule has 2 aromatic heterocycles. The second-order valence-electron chi connectivity index (χ2n) is 8.26. The van der Waals surface area contributed by atoms with Gasteiger partial charge in [0, 0.05) is 31.0 Å². The molecule has 0 fully saturated rings. The largest absolute Gasteiger partial charge is 0.362 e. The van der Waals surface area contributed by atoms with Crippen molar-refractivity contribution in [2.24, 2.45) is 5.41 Å². The van der Waals surface area contributed by atoms with Gasteiger partial charge >= 0.3 is 6.03 Å². The molecule has 1 amide bonds. The number of amides is 1. The maximum atomic E-state index is 13.1. The molecule has 2 heterocycles. The van der Waals surface area contributed by atoms with Gasteiger partial charge in [-0.25, -0.2) is 4.79 Å². The number of nitrogens with zero attached hydrogens (tertiary/aromatic N) is 5. The van der Waals surface area contributed by atoms with E-state index < -0.39 is 0 Å². The van der Waals surface area contributed by atoms with Gasteiger partial charge in [-0.2, -0.15) is 5.10 Å². The summed E-state index contributed by atoms with van der Waals surface area (Å²) < 4.78 is 0. The van der Waals surface area contributed by atoms with Gasteiger partial charge < -0.3 is 4.90 Å². The summed E-state index contributed by atoms with van der Waals surface area (Å²) in [5, 5.41) is 8.64. The summed E-state index contributed by atoms with van der Waals surface area (Å²) in [5.74, 6) is 0. The lowest BCUT2D eigenvalue weighted by molar-refractivity contribution is 0.169. The predicted molar refractivity (Wildman–Crippen MR) is 110 cm³/mol. The molecule has 3 rings (SSSR count). The molecule has 1 aromatic carbocycles. The van der Waals surface area contributed by atoms with Crippen LogP contribution < -0.4 is 0 Å². The fourth-order valence-electron chi connectivity index (χ4n) is 2.96. The molecule has 3 aromatic rings. The van der Waals surface area contributed by atoms with E-state index in [0.29, 0.717) is 18.8 Å². The molecule has 6 nitrogen and oxygen atoms in total. The zero-order chi connectivity index (χ0) is 20.1. The van der Waals surface area contributed by atoms with E-state index in [1.165, 1.54) is 10.4 Å². The third-order valence-corrected chi connectivity index (χ3v) is 4.34. The van der Waals surface area contributed by atoms with Crippen LogP contribution in [0.4, 0.5) is 4.79 Å². The van der Waals surface area contributed by atoms with Gasteiger partial charge in [0.05, 0.1) is 6.20 Å². The lowest BCUT2D eigenvalue weighted by Gasteiger charge is -2.29. The summed E-state index contributed by atoms with van der Waals surface area (Å²) in [6, 6.07) is 11.7. The van der Waals surface area contributed by atoms with Gasteiger partial charge in [0.2, 0.25) is 0 Å². The van der Waals surface area contributed by atoms with Crippen molar-refractivity contribution in [1.29, 1.82) is 0 Å². The van der Waals surface area contributed by atoms with Crippen molar-refractivity contribution in [2.75, 3.05) is 13.1 Å². The number of pyridine rings is 1. The molecule has 0 saturated carbocycles. The van der Waals surface area contributed by atoms with Crippen LogP contribution in [0.1, 0.15) is 31.9 Å². The summed E-state index contributed by atoms with van der Waals surface area (Å²) in [5.41, 5.74) is 3.89. The van der Waals surface area contributed by atoms with Crippen molar-refractivity contribution in [3.05, 3.63) is 66.1 Å². The Kier molecular flexibility index (Phi) is 5.87. The van der Waals surface area contributed by atoms with Gasteiger partial charge in [0.25, 0.3) is 0 Å². The van der Waals surface area contributed by atoms with Crippen molar-refractivity contribution in [1.82, 2.24) is 24.9 Å². The van der Waals surface area contributed by atoms with E-state index in [1.807, 2.05) is 54.4 Å². The first kappa shape index (κ1) is 19.7. The van der Waals surface area contributed by atoms with E-state index in [9.17, 15) is 4.79 Å². The average molecular weight is 377 g/mol. The molecular formula is C22H27N5O. The summed E-state index contributed by atoms with van der Waals surface area (Å²) in [4.78, 5) is 20.3.